The molecule has 2 aliphatic rings. The van der Waals surface area contributed by atoms with Crippen LogP contribution in [0.4, 0.5) is 5.69 Å². The summed E-state index contributed by atoms with van der Waals surface area (Å²) in [5, 5.41) is 13.2. The van der Waals surface area contributed by atoms with E-state index in [1.807, 2.05) is 12.1 Å². The van der Waals surface area contributed by atoms with Gasteiger partial charge in [-0.15, -0.1) is 5.76 Å². The SMILES string of the molecule is CCCCCCN(CCC)c1ccc(C2=C([O-])C(C3C=CC(=[N+](CCC)CCCCCC)C=C3)C2=O)cc1. The van der Waals surface area contributed by atoms with Crippen molar-refractivity contribution in [2.75, 3.05) is 31.1 Å². The van der Waals surface area contributed by atoms with Crippen LogP contribution in [0.1, 0.15) is 97.5 Å². The molecule has 0 aromatic heterocycles. The molecular formula is C34H50N2O2. The Kier molecular flexibility index (Phi) is 12.4. The summed E-state index contributed by atoms with van der Waals surface area (Å²) in [5.74, 6) is -0.743. The van der Waals surface area contributed by atoms with Gasteiger partial charge in [-0.25, -0.2) is 4.58 Å². The summed E-state index contributed by atoms with van der Waals surface area (Å²) in [6, 6.07) is 8.09. The molecule has 0 amide bonds. The van der Waals surface area contributed by atoms with Crippen molar-refractivity contribution in [2.45, 2.75) is 91.9 Å². The molecule has 0 heterocycles. The van der Waals surface area contributed by atoms with Gasteiger partial charge in [0.2, 0.25) is 0 Å². The molecule has 1 aromatic carbocycles. The zero-order chi connectivity index (χ0) is 27.3. The van der Waals surface area contributed by atoms with Gasteiger partial charge in [-0.1, -0.05) is 84.1 Å². The van der Waals surface area contributed by atoms with Crippen molar-refractivity contribution in [3.05, 3.63) is 59.9 Å². The summed E-state index contributed by atoms with van der Waals surface area (Å²) >= 11 is 0. The molecule has 2 aliphatic carbocycles. The lowest BCUT2D eigenvalue weighted by molar-refractivity contribution is -0.527. The first kappa shape index (κ1) is 29.9. The highest BCUT2D eigenvalue weighted by Crippen LogP contribution is 2.41. The van der Waals surface area contributed by atoms with Crippen LogP contribution in [0.2, 0.25) is 0 Å². The van der Waals surface area contributed by atoms with Gasteiger partial charge >= 0.3 is 0 Å². The number of rotatable bonds is 17. The maximum Gasteiger partial charge on any atom is 0.199 e. The average molecular weight is 519 g/mol. The van der Waals surface area contributed by atoms with Gasteiger partial charge in [0.1, 0.15) is 13.1 Å². The molecule has 0 bridgehead atoms. The average Bonchev–Trinajstić information content (AvgIpc) is 2.93. The number of benzene rings is 1. The van der Waals surface area contributed by atoms with Crippen molar-refractivity contribution >= 4 is 22.8 Å². The second-order valence-corrected chi connectivity index (χ2v) is 10.9. The highest BCUT2D eigenvalue weighted by molar-refractivity contribution is 6.29. The minimum atomic E-state index is -0.571. The number of ketones is 1. The third-order valence-corrected chi connectivity index (χ3v) is 7.86. The van der Waals surface area contributed by atoms with Crippen LogP contribution in [0.15, 0.2) is 54.3 Å². The smallest absolute Gasteiger partial charge is 0.199 e. The van der Waals surface area contributed by atoms with Crippen molar-refractivity contribution < 1.29 is 14.5 Å². The Morgan fingerprint density at radius 2 is 1.42 bits per heavy atom. The van der Waals surface area contributed by atoms with Crippen LogP contribution in [0, 0.1) is 11.8 Å². The van der Waals surface area contributed by atoms with E-state index in [1.165, 1.54) is 62.8 Å². The first-order valence-electron chi connectivity index (χ1n) is 15.3. The first-order valence-corrected chi connectivity index (χ1v) is 15.3. The predicted octanol–water partition coefficient (Wildman–Crippen LogP) is 6.94. The summed E-state index contributed by atoms with van der Waals surface area (Å²) in [6.07, 6.45) is 20.5. The van der Waals surface area contributed by atoms with Crippen LogP contribution in [0.3, 0.4) is 0 Å². The summed E-state index contributed by atoms with van der Waals surface area (Å²) in [4.78, 5) is 15.6. The Balaban J connectivity index is 1.66. The monoisotopic (exact) mass is 518 g/mol. The second kappa shape index (κ2) is 15.7. The maximum absolute atomic E-state index is 13.2. The first-order chi connectivity index (χ1) is 18.5. The number of hydrogen-bond acceptors (Lipinski definition) is 3. The van der Waals surface area contributed by atoms with Gasteiger partial charge < -0.3 is 10.0 Å². The minimum absolute atomic E-state index is 0.0135. The van der Waals surface area contributed by atoms with Crippen molar-refractivity contribution in [1.82, 2.24) is 0 Å². The molecule has 0 N–H and O–H groups in total. The standard InChI is InChI=1S/C34H50N2O2/c1-5-9-11-13-25-35(23-7-3)29-19-15-27(16-20-29)31-33(37)32(34(31)38)28-17-21-30(22-18-28)36(24-8-4)26-14-12-10-6-2/h15-22,27,31H,5-14,23-26H2,1-4H3. The fraction of sp³-hybridized carbons (Fsp3) is 0.588. The number of allylic oxidation sites excluding steroid dienone is 6. The molecular weight excluding hydrogens is 468 g/mol. The number of unbranched alkanes of at least 4 members (excludes halogenated alkanes) is 6. The Morgan fingerprint density at radius 3 is 2.00 bits per heavy atom. The third-order valence-electron chi connectivity index (χ3n) is 7.86. The fourth-order valence-electron chi connectivity index (χ4n) is 5.66. The molecule has 0 spiro atoms. The Morgan fingerprint density at radius 1 is 0.763 bits per heavy atom. The number of carbonyl (C=O) groups excluding carboxylic acids is 1. The van der Waals surface area contributed by atoms with Crippen molar-refractivity contribution in [3.63, 3.8) is 0 Å². The Labute approximate surface area is 231 Å². The van der Waals surface area contributed by atoms with Gasteiger partial charge in [0, 0.05) is 61.2 Å². The predicted molar refractivity (Wildman–Crippen MR) is 160 cm³/mol. The van der Waals surface area contributed by atoms with Crippen molar-refractivity contribution in [2.24, 2.45) is 11.8 Å². The third kappa shape index (κ3) is 7.71. The molecule has 4 nitrogen and oxygen atoms in total. The highest BCUT2D eigenvalue weighted by Gasteiger charge is 2.38. The maximum atomic E-state index is 13.2. The van der Waals surface area contributed by atoms with Crippen LogP contribution in [-0.2, 0) is 4.79 Å². The van der Waals surface area contributed by atoms with E-state index in [9.17, 15) is 9.90 Å². The molecule has 1 unspecified atom stereocenters. The number of nitrogens with zero attached hydrogens (tertiary/aromatic N) is 2. The largest absolute Gasteiger partial charge is 0.874 e. The van der Waals surface area contributed by atoms with Crippen LogP contribution in [0.25, 0.3) is 5.57 Å². The molecule has 1 atom stereocenters. The highest BCUT2D eigenvalue weighted by atomic mass is 16.3. The molecule has 1 aromatic rings. The number of carbonyl (C=O) groups is 1. The minimum Gasteiger partial charge on any atom is -0.874 e. The lowest BCUT2D eigenvalue weighted by Crippen LogP contribution is -2.41. The van der Waals surface area contributed by atoms with E-state index in [0.29, 0.717) is 5.57 Å². The topological polar surface area (TPSA) is 46.4 Å². The van der Waals surface area contributed by atoms with E-state index in [1.54, 1.807) is 0 Å². The zero-order valence-corrected chi connectivity index (χ0v) is 24.4. The second-order valence-electron chi connectivity index (χ2n) is 10.9. The van der Waals surface area contributed by atoms with E-state index in [-0.39, 0.29) is 17.5 Å². The summed E-state index contributed by atoms with van der Waals surface area (Å²) < 4.78 is 2.44. The number of Topliss-reactive ketones (excluding diaryl/α,β-unsaturated/α-hetero) is 1. The molecule has 3 rings (SSSR count). The van der Waals surface area contributed by atoms with Crippen LogP contribution in [0.5, 0.6) is 0 Å². The van der Waals surface area contributed by atoms with E-state index < -0.39 is 5.92 Å². The van der Waals surface area contributed by atoms with Gasteiger partial charge in [0.15, 0.2) is 11.5 Å². The molecule has 4 heteroatoms. The van der Waals surface area contributed by atoms with Gasteiger partial charge in [0.25, 0.3) is 0 Å². The number of hydrogen-bond donors (Lipinski definition) is 0. The van der Waals surface area contributed by atoms with Gasteiger partial charge in [-0.3, -0.25) is 4.79 Å². The van der Waals surface area contributed by atoms with Crippen LogP contribution < -0.4 is 10.0 Å². The molecule has 0 fully saturated rings. The van der Waals surface area contributed by atoms with E-state index in [0.717, 1.165) is 44.6 Å². The molecule has 0 radical (unpaired) electrons. The molecule has 0 aliphatic heterocycles. The van der Waals surface area contributed by atoms with Crippen LogP contribution >= 0.6 is 0 Å². The lowest BCUT2D eigenvalue weighted by atomic mass is 9.71. The summed E-state index contributed by atoms with van der Waals surface area (Å²) in [7, 11) is 0. The molecule has 0 saturated carbocycles. The van der Waals surface area contributed by atoms with E-state index in [2.05, 4.69) is 73.6 Å². The van der Waals surface area contributed by atoms with Crippen molar-refractivity contribution in [1.29, 1.82) is 0 Å². The fourth-order valence-corrected chi connectivity index (χ4v) is 5.66. The van der Waals surface area contributed by atoms with E-state index >= 15 is 0 Å². The summed E-state index contributed by atoms with van der Waals surface area (Å²) in [5.41, 5.74) is 3.52. The normalized spacial score (nSPS) is 18.7. The van der Waals surface area contributed by atoms with Crippen molar-refractivity contribution in [3.8, 4) is 0 Å². The van der Waals surface area contributed by atoms with Gasteiger partial charge in [-0.05, 0) is 37.0 Å². The quantitative estimate of drug-likeness (QED) is 0.166. The molecule has 0 saturated heterocycles. The van der Waals surface area contributed by atoms with E-state index in [4.69, 9.17) is 0 Å². The zero-order valence-electron chi connectivity index (χ0n) is 24.4. The lowest BCUT2D eigenvalue weighted by Gasteiger charge is -2.40. The summed E-state index contributed by atoms with van der Waals surface area (Å²) in [6.45, 7) is 13.1. The number of anilines is 1. The van der Waals surface area contributed by atoms with Gasteiger partial charge in [0.05, 0.1) is 0 Å². The molecule has 208 valence electrons. The van der Waals surface area contributed by atoms with Gasteiger partial charge in [-0.2, -0.15) is 0 Å². The molecule has 38 heavy (non-hydrogen) atoms. The Hall–Kier alpha value is -2.62. The van der Waals surface area contributed by atoms with Crippen LogP contribution in [-0.4, -0.2) is 42.2 Å². The Bertz CT molecular complexity index is 999.